The Morgan fingerprint density at radius 1 is 1.47 bits per heavy atom. The van der Waals surface area contributed by atoms with Gasteiger partial charge in [0.2, 0.25) is 5.91 Å². The van der Waals surface area contributed by atoms with E-state index in [-0.39, 0.29) is 17.9 Å². The van der Waals surface area contributed by atoms with Gasteiger partial charge in [-0.1, -0.05) is 20.3 Å². The SMILES string of the molecule is CSC1CCCC1NC(=O)[C@H](N)C(C)C. The fraction of sp³-hybridized carbons (Fsp3) is 0.909. The normalized spacial score (nSPS) is 28.1. The highest BCUT2D eigenvalue weighted by Gasteiger charge is 2.29. The highest BCUT2D eigenvalue weighted by Crippen LogP contribution is 2.28. The lowest BCUT2D eigenvalue weighted by molar-refractivity contribution is -0.123. The molecular formula is C11H22N2OS. The summed E-state index contributed by atoms with van der Waals surface area (Å²) in [4.78, 5) is 11.8. The maximum absolute atomic E-state index is 11.8. The van der Waals surface area contributed by atoms with Crippen molar-refractivity contribution in [2.24, 2.45) is 11.7 Å². The molecule has 0 bridgehead atoms. The third-order valence-electron chi connectivity index (χ3n) is 3.10. The fourth-order valence-electron chi connectivity index (χ4n) is 1.95. The van der Waals surface area contributed by atoms with Crippen molar-refractivity contribution in [2.75, 3.05) is 6.26 Å². The van der Waals surface area contributed by atoms with Crippen LogP contribution in [0.15, 0.2) is 0 Å². The first-order valence-electron chi connectivity index (χ1n) is 5.65. The van der Waals surface area contributed by atoms with Crippen molar-refractivity contribution < 1.29 is 4.79 Å². The zero-order chi connectivity index (χ0) is 11.4. The molecule has 0 aromatic carbocycles. The Bertz CT molecular complexity index is 221. The van der Waals surface area contributed by atoms with Gasteiger partial charge in [0, 0.05) is 11.3 Å². The van der Waals surface area contributed by atoms with E-state index < -0.39 is 0 Å². The second-order valence-corrected chi connectivity index (χ2v) is 5.67. The largest absolute Gasteiger partial charge is 0.351 e. The van der Waals surface area contributed by atoms with Crippen LogP contribution in [-0.2, 0) is 4.79 Å². The van der Waals surface area contributed by atoms with Crippen molar-refractivity contribution in [3.05, 3.63) is 0 Å². The number of hydrogen-bond acceptors (Lipinski definition) is 3. The summed E-state index contributed by atoms with van der Waals surface area (Å²) in [6.07, 6.45) is 5.63. The van der Waals surface area contributed by atoms with Crippen LogP contribution in [0.25, 0.3) is 0 Å². The second-order valence-electron chi connectivity index (χ2n) is 4.59. The minimum atomic E-state index is -0.367. The molecule has 15 heavy (non-hydrogen) atoms. The Morgan fingerprint density at radius 2 is 2.13 bits per heavy atom. The summed E-state index contributed by atoms with van der Waals surface area (Å²) in [5.41, 5.74) is 5.81. The van der Waals surface area contributed by atoms with Crippen LogP contribution in [0.3, 0.4) is 0 Å². The molecule has 1 aliphatic rings. The second kappa shape index (κ2) is 5.75. The van der Waals surface area contributed by atoms with Gasteiger partial charge in [-0.2, -0.15) is 11.8 Å². The van der Waals surface area contributed by atoms with E-state index in [4.69, 9.17) is 5.73 Å². The molecule has 3 atom stereocenters. The molecule has 0 spiro atoms. The third kappa shape index (κ3) is 3.38. The summed E-state index contributed by atoms with van der Waals surface area (Å²) in [7, 11) is 0. The van der Waals surface area contributed by atoms with E-state index >= 15 is 0 Å². The minimum Gasteiger partial charge on any atom is -0.351 e. The van der Waals surface area contributed by atoms with Crippen LogP contribution in [0.5, 0.6) is 0 Å². The van der Waals surface area contributed by atoms with E-state index in [2.05, 4.69) is 11.6 Å². The van der Waals surface area contributed by atoms with Crippen molar-refractivity contribution in [3.8, 4) is 0 Å². The maximum atomic E-state index is 11.8. The van der Waals surface area contributed by atoms with Gasteiger partial charge >= 0.3 is 0 Å². The fourth-order valence-corrected chi connectivity index (χ4v) is 2.89. The summed E-state index contributed by atoms with van der Waals surface area (Å²) in [6, 6.07) is -0.0367. The Hall–Kier alpha value is -0.220. The molecular weight excluding hydrogens is 208 g/mol. The number of carbonyl (C=O) groups excluding carboxylic acids is 1. The Balaban J connectivity index is 2.43. The third-order valence-corrected chi connectivity index (χ3v) is 4.27. The molecule has 0 aliphatic heterocycles. The molecule has 0 aromatic heterocycles. The average Bonchev–Trinajstić information content (AvgIpc) is 2.63. The van der Waals surface area contributed by atoms with E-state index in [1.54, 1.807) is 0 Å². The molecule has 1 amide bonds. The van der Waals surface area contributed by atoms with Crippen molar-refractivity contribution in [3.63, 3.8) is 0 Å². The van der Waals surface area contributed by atoms with Crippen LogP contribution < -0.4 is 11.1 Å². The van der Waals surface area contributed by atoms with E-state index in [0.717, 1.165) is 6.42 Å². The van der Waals surface area contributed by atoms with E-state index in [0.29, 0.717) is 11.3 Å². The van der Waals surface area contributed by atoms with Crippen molar-refractivity contribution in [1.82, 2.24) is 5.32 Å². The first-order chi connectivity index (χ1) is 7.06. The predicted octanol–water partition coefficient (Wildman–Crippen LogP) is 1.37. The topological polar surface area (TPSA) is 55.1 Å². The Morgan fingerprint density at radius 3 is 2.67 bits per heavy atom. The number of hydrogen-bond donors (Lipinski definition) is 2. The summed E-state index contributed by atoms with van der Waals surface area (Å²) >= 11 is 1.85. The van der Waals surface area contributed by atoms with Gasteiger partial charge in [0.05, 0.1) is 6.04 Å². The lowest BCUT2D eigenvalue weighted by atomic mass is 10.0. The maximum Gasteiger partial charge on any atom is 0.237 e. The molecule has 4 heteroatoms. The summed E-state index contributed by atoms with van der Waals surface area (Å²) in [6.45, 7) is 3.95. The minimum absolute atomic E-state index is 0.0101. The molecule has 2 unspecified atom stereocenters. The van der Waals surface area contributed by atoms with Gasteiger partial charge in [0.1, 0.15) is 0 Å². The van der Waals surface area contributed by atoms with Gasteiger partial charge in [0.15, 0.2) is 0 Å². The lowest BCUT2D eigenvalue weighted by Crippen LogP contribution is -2.49. The zero-order valence-corrected chi connectivity index (χ0v) is 10.6. The van der Waals surface area contributed by atoms with Crippen molar-refractivity contribution in [1.29, 1.82) is 0 Å². The molecule has 3 nitrogen and oxygen atoms in total. The molecule has 0 saturated heterocycles. The average molecular weight is 230 g/mol. The number of nitrogens with one attached hydrogen (secondary N) is 1. The van der Waals surface area contributed by atoms with Crippen LogP contribution >= 0.6 is 11.8 Å². The first kappa shape index (κ1) is 12.8. The van der Waals surface area contributed by atoms with Gasteiger partial charge in [-0.15, -0.1) is 0 Å². The van der Waals surface area contributed by atoms with Crippen LogP contribution in [0.2, 0.25) is 0 Å². The van der Waals surface area contributed by atoms with Gasteiger partial charge in [0.25, 0.3) is 0 Å². The Kier molecular flexibility index (Phi) is 4.93. The first-order valence-corrected chi connectivity index (χ1v) is 6.93. The standard InChI is InChI=1S/C11H22N2OS/c1-7(2)10(12)11(14)13-8-5-4-6-9(8)15-3/h7-10H,4-6,12H2,1-3H3,(H,13,14)/t8?,9?,10-/m1/s1. The summed E-state index contributed by atoms with van der Waals surface area (Å²) in [5.74, 6) is 0.218. The smallest absolute Gasteiger partial charge is 0.237 e. The van der Waals surface area contributed by atoms with E-state index in [9.17, 15) is 4.79 Å². The lowest BCUT2D eigenvalue weighted by Gasteiger charge is -2.22. The number of thioether (sulfide) groups is 1. The molecule has 0 heterocycles. The quantitative estimate of drug-likeness (QED) is 0.767. The predicted molar refractivity (Wildman–Crippen MR) is 65.9 cm³/mol. The van der Waals surface area contributed by atoms with E-state index in [1.165, 1.54) is 12.8 Å². The number of rotatable bonds is 4. The summed E-state index contributed by atoms with van der Waals surface area (Å²) < 4.78 is 0. The molecule has 88 valence electrons. The monoisotopic (exact) mass is 230 g/mol. The highest BCUT2D eigenvalue weighted by atomic mass is 32.2. The van der Waals surface area contributed by atoms with Crippen molar-refractivity contribution >= 4 is 17.7 Å². The van der Waals surface area contributed by atoms with Crippen LogP contribution in [-0.4, -0.2) is 29.5 Å². The number of nitrogens with two attached hydrogens (primary N) is 1. The highest BCUT2D eigenvalue weighted by molar-refractivity contribution is 7.99. The van der Waals surface area contributed by atoms with Gasteiger partial charge in [-0.3, -0.25) is 4.79 Å². The molecule has 1 aliphatic carbocycles. The molecule has 1 fully saturated rings. The van der Waals surface area contributed by atoms with Gasteiger partial charge < -0.3 is 11.1 Å². The molecule has 1 rings (SSSR count). The van der Waals surface area contributed by atoms with Gasteiger partial charge in [-0.25, -0.2) is 0 Å². The molecule has 3 N–H and O–H groups in total. The molecule has 1 saturated carbocycles. The number of amides is 1. The zero-order valence-electron chi connectivity index (χ0n) is 9.82. The molecule has 0 radical (unpaired) electrons. The number of carbonyl (C=O) groups is 1. The van der Waals surface area contributed by atoms with Crippen molar-refractivity contribution in [2.45, 2.75) is 50.4 Å². The van der Waals surface area contributed by atoms with Crippen LogP contribution in [0.4, 0.5) is 0 Å². The van der Waals surface area contributed by atoms with E-state index in [1.807, 2.05) is 25.6 Å². The van der Waals surface area contributed by atoms with Crippen LogP contribution in [0.1, 0.15) is 33.1 Å². The molecule has 0 aromatic rings. The summed E-state index contributed by atoms with van der Waals surface area (Å²) in [5, 5.41) is 3.65. The van der Waals surface area contributed by atoms with Crippen LogP contribution in [0, 0.1) is 5.92 Å². The Labute approximate surface area is 96.6 Å². The van der Waals surface area contributed by atoms with Gasteiger partial charge in [-0.05, 0) is 25.0 Å².